The molecule has 1 aromatic carbocycles. The maximum absolute atomic E-state index is 13.1. The molecule has 1 amide bonds. The van der Waals surface area contributed by atoms with E-state index in [0.29, 0.717) is 19.1 Å². The van der Waals surface area contributed by atoms with Crippen LogP contribution in [0.25, 0.3) is 0 Å². The lowest BCUT2D eigenvalue weighted by Gasteiger charge is -2.29. The Bertz CT molecular complexity index is 953. The lowest BCUT2D eigenvalue weighted by molar-refractivity contribution is 0.0734. The number of pyridine rings is 1. The molecule has 1 saturated carbocycles. The van der Waals surface area contributed by atoms with E-state index in [2.05, 4.69) is 17.0 Å². The Labute approximate surface area is 171 Å². The summed E-state index contributed by atoms with van der Waals surface area (Å²) in [6.45, 7) is 4.61. The van der Waals surface area contributed by atoms with Crippen molar-refractivity contribution in [1.29, 1.82) is 0 Å². The van der Waals surface area contributed by atoms with Crippen LogP contribution in [0.4, 0.5) is 0 Å². The molecule has 0 atom stereocenters. The van der Waals surface area contributed by atoms with E-state index < -0.39 is 0 Å². The molecule has 1 aliphatic carbocycles. The van der Waals surface area contributed by atoms with Gasteiger partial charge in [0, 0.05) is 43.5 Å². The molecule has 0 bridgehead atoms. The highest BCUT2D eigenvalue weighted by Gasteiger charge is 2.27. The Kier molecular flexibility index (Phi) is 5.00. The molecule has 0 spiro atoms. The van der Waals surface area contributed by atoms with Crippen molar-refractivity contribution in [3.8, 4) is 0 Å². The third-order valence-corrected chi connectivity index (χ3v) is 6.56. The highest BCUT2D eigenvalue weighted by molar-refractivity contribution is 5.94. The van der Waals surface area contributed by atoms with E-state index in [9.17, 15) is 9.59 Å². The summed E-state index contributed by atoms with van der Waals surface area (Å²) in [6, 6.07) is 10.3. The second-order valence-electron chi connectivity index (χ2n) is 8.81. The van der Waals surface area contributed by atoms with E-state index in [4.69, 9.17) is 0 Å². The average Bonchev–Trinajstić information content (AvgIpc) is 3.59. The molecule has 29 heavy (non-hydrogen) atoms. The van der Waals surface area contributed by atoms with Crippen LogP contribution in [-0.4, -0.2) is 39.9 Å². The van der Waals surface area contributed by atoms with E-state index in [1.807, 2.05) is 27.8 Å². The van der Waals surface area contributed by atoms with Crippen molar-refractivity contribution in [2.45, 2.75) is 57.7 Å². The van der Waals surface area contributed by atoms with E-state index in [1.54, 1.807) is 6.07 Å². The van der Waals surface area contributed by atoms with Crippen LogP contribution in [0, 0.1) is 0 Å². The van der Waals surface area contributed by atoms with E-state index in [1.165, 1.54) is 37.9 Å². The molecule has 5 nitrogen and oxygen atoms in total. The molecule has 2 fully saturated rings. The first-order valence-corrected chi connectivity index (χ1v) is 11.0. The quantitative estimate of drug-likeness (QED) is 0.803. The second-order valence-corrected chi connectivity index (χ2v) is 8.81. The van der Waals surface area contributed by atoms with Gasteiger partial charge in [0.05, 0.1) is 0 Å². The summed E-state index contributed by atoms with van der Waals surface area (Å²) in [7, 11) is 0. The van der Waals surface area contributed by atoms with E-state index >= 15 is 0 Å². The number of benzene rings is 1. The molecule has 2 aromatic rings. The maximum Gasteiger partial charge on any atom is 0.254 e. The zero-order valence-electron chi connectivity index (χ0n) is 17.0. The average molecular weight is 392 g/mol. The number of carbonyl (C=O) groups is 1. The summed E-state index contributed by atoms with van der Waals surface area (Å²) in [5, 5.41) is 0. The Balaban J connectivity index is 1.27. The molecule has 0 unspecified atom stereocenters. The van der Waals surface area contributed by atoms with E-state index in [0.717, 1.165) is 42.5 Å². The molecule has 0 radical (unpaired) electrons. The van der Waals surface area contributed by atoms with E-state index in [-0.39, 0.29) is 11.5 Å². The normalized spacial score (nSPS) is 19.8. The molecule has 3 heterocycles. The largest absolute Gasteiger partial charge is 0.334 e. The highest BCUT2D eigenvalue weighted by Crippen LogP contribution is 2.34. The van der Waals surface area contributed by atoms with Crippen LogP contribution in [0.3, 0.4) is 0 Å². The van der Waals surface area contributed by atoms with Crippen LogP contribution in [0.15, 0.2) is 41.3 Å². The third-order valence-electron chi connectivity index (χ3n) is 6.56. The fourth-order valence-electron chi connectivity index (χ4n) is 4.67. The molecule has 3 aliphatic rings. The van der Waals surface area contributed by atoms with Gasteiger partial charge in [-0.1, -0.05) is 18.6 Å². The molecule has 0 N–H and O–H groups in total. The standard InChI is InChI=1S/C24H29N3O2/c28-23-14-20-10-13-26(16-21(20)17-27(23)22-8-9-22)24(29)19-6-4-18(5-7-19)15-25-11-2-1-3-12-25/h4-7,14,17,22H,1-3,8-13,15-16H2. The number of carbonyl (C=O) groups excluding carboxylic acids is 1. The molecular weight excluding hydrogens is 362 g/mol. The first-order valence-electron chi connectivity index (χ1n) is 11.0. The van der Waals surface area contributed by atoms with Gasteiger partial charge in [0.15, 0.2) is 0 Å². The van der Waals surface area contributed by atoms with Gasteiger partial charge in [-0.25, -0.2) is 0 Å². The fraction of sp³-hybridized carbons (Fsp3) is 0.500. The van der Waals surface area contributed by atoms with Gasteiger partial charge in [0.25, 0.3) is 11.5 Å². The summed E-state index contributed by atoms with van der Waals surface area (Å²) >= 11 is 0. The monoisotopic (exact) mass is 391 g/mol. The van der Waals surface area contributed by atoms with Gasteiger partial charge >= 0.3 is 0 Å². The lowest BCUT2D eigenvalue weighted by atomic mass is 10.0. The van der Waals surface area contributed by atoms with Crippen molar-refractivity contribution in [2.24, 2.45) is 0 Å². The molecule has 152 valence electrons. The number of nitrogens with zero attached hydrogens (tertiary/aromatic N) is 3. The van der Waals surface area contributed by atoms with Gasteiger partial charge < -0.3 is 9.47 Å². The summed E-state index contributed by atoms with van der Waals surface area (Å²) < 4.78 is 1.86. The first-order chi connectivity index (χ1) is 14.2. The number of hydrogen-bond donors (Lipinski definition) is 0. The first kappa shape index (κ1) is 18.6. The SMILES string of the molecule is O=C(c1ccc(CN2CCCCC2)cc1)N1CCc2cc(=O)n(C3CC3)cc2C1. The van der Waals surface area contributed by atoms with Crippen molar-refractivity contribution in [2.75, 3.05) is 19.6 Å². The van der Waals surface area contributed by atoms with Crippen LogP contribution in [0.2, 0.25) is 0 Å². The predicted octanol–water partition coefficient (Wildman–Crippen LogP) is 3.37. The lowest BCUT2D eigenvalue weighted by Crippen LogP contribution is -2.37. The smallest absolute Gasteiger partial charge is 0.254 e. The van der Waals surface area contributed by atoms with Gasteiger partial charge in [-0.3, -0.25) is 14.5 Å². The number of amides is 1. The van der Waals surface area contributed by atoms with Crippen molar-refractivity contribution < 1.29 is 4.79 Å². The summed E-state index contributed by atoms with van der Waals surface area (Å²) in [5.74, 6) is 0.0874. The van der Waals surface area contributed by atoms with Crippen LogP contribution in [0.1, 0.15) is 65.2 Å². The summed E-state index contributed by atoms with van der Waals surface area (Å²) in [5.41, 5.74) is 4.37. The zero-order valence-corrected chi connectivity index (χ0v) is 17.0. The Hall–Kier alpha value is -2.40. The number of aromatic nitrogens is 1. The number of hydrogen-bond acceptors (Lipinski definition) is 3. The fourth-order valence-corrected chi connectivity index (χ4v) is 4.67. The molecule has 2 aliphatic heterocycles. The Morgan fingerprint density at radius 1 is 0.966 bits per heavy atom. The second kappa shape index (κ2) is 7.79. The van der Waals surface area contributed by atoms with Crippen molar-refractivity contribution in [3.05, 3.63) is 69.1 Å². The predicted molar refractivity (Wildman–Crippen MR) is 113 cm³/mol. The summed E-state index contributed by atoms with van der Waals surface area (Å²) in [4.78, 5) is 29.7. The molecule has 5 heteroatoms. The van der Waals surface area contributed by atoms with Gasteiger partial charge in [-0.15, -0.1) is 0 Å². The van der Waals surface area contributed by atoms with Crippen LogP contribution >= 0.6 is 0 Å². The van der Waals surface area contributed by atoms with Crippen LogP contribution in [-0.2, 0) is 19.5 Å². The maximum atomic E-state index is 13.1. The molecule has 1 aromatic heterocycles. The molecular formula is C24H29N3O2. The highest BCUT2D eigenvalue weighted by atomic mass is 16.2. The van der Waals surface area contributed by atoms with Crippen LogP contribution < -0.4 is 5.56 Å². The van der Waals surface area contributed by atoms with Crippen molar-refractivity contribution in [3.63, 3.8) is 0 Å². The zero-order chi connectivity index (χ0) is 19.8. The topological polar surface area (TPSA) is 45.6 Å². The molecule has 1 saturated heterocycles. The van der Waals surface area contributed by atoms with Gasteiger partial charge in [0.2, 0.25) is 0 Å². The number of piperidine rings is 1. The Morgan fingerprint density at radius 2 is 1.72 bits per heavy atom. The van der Waals surface area contributed by atoms with Gasteiger partial charge in [-0.05, 0) is 74.0 Å². The minimum absolute atomic E-state index is 0.0874. The van der Waals surface area contributed by atoms with Crippen molar-refractivity contribution in [1.82, 2.24) is 14.4 Å². The minimum atomic E-state index is 0.0874. The Morgan fingerprint density at radius 3 is 2.45 bits per heavy atom. The number of likely N-dealkylation sites (tertiary alicyclic amines) is 1. The van der Waals surface area contributed by atoms with Crippen LogP contribution in [0.5, 0.6) is 0 Å². The minimum Gasteiger partial charge on any atom is -0.334 e. The van der Waals surface area contributed by atoms with Gasteiger partial charge in [-0.2, -0.15) is 0 Å². The number of fused-ring (bicyclic) bond motifs is 1. The molecule has 5 rings (SSSR count). The summed E-state index contributed by atoms with van der Waals surface area (Å²) in [6.07, 6.45) is 8.87. The van der Waals surface area contributed by atoms with Crippen molar-refractivity contribution >= 4 is 5.91 Å². The number of rotatable bonds is 4. The third kappa shape index (κ3) is 4.01. The van der Waals surface area contributed by atoms with Gasteiger partial charge in [0.1, 0.15) is 0 Å².